The Morgan fingerprint density at radius 1 is 0.973 bits per heavy atom. The van der Waals surface area contributed by atoms with Crippen LogP contribution >= 0.6 is 0 Å². The minimum atomic E-state index is -3.98. The van der Waals surface area contributed by atoms with Gasteiger partial charge < -0.3 is 10.2 Å². The van der Waals surface area contributed by atoms with E-state index in [1.807, 2.05) is 30.3 Å². The van der Waals surface area contributed by atoms with Gasteiger partial charge in [0.2, 0.25) is 9.84 Å². The lowest BCUT2D eigenvalue weighted by Gasteiger charge is -2.33. The van der Waals surface area contributed by atoms with Crippen LogP contribution in [0, 0.1) is 0 Å². The predicted molar refractivity (Wildman–Crippen MR) is 143 cm³/mol. The molecule has 0 spiro atoms. The highest BCUT2D eigenvalue weighted by molar-refractivity contribution is 7.91. The number of piperidine rings is 1. The summed E-state index contributed by atoms with van der Waals surface area (Å²) in [7, 11) is -3.98. The van der Waals surface area contributed by atoms with Crippen LogP contribution in [0.2, 0.25) is 0 Å². The number of benzene rings is 3. The number of hydrogen-bond donors (Lipinski definition) is 1. The molecule has 1 N–H and O–H groups in total. The highest BCUT2D eigenvalue weighted by Gasteiger charge is 2.36. The molecule has 3 aromatic carbocycles. The van der Waals surface area contributed by atoms with Crippen molar-refractivity contribution >= 4 is 27.3 Å². The third kappa shape index (κ3) is 5.04. The van der Waals surface area contributed by atoms with E-state index in [0.29, 0.717) is 18.2 Å². The molecule has 1 saturated heterocycles. The van der Waals surface area contributed by atoms with Crippen molar-refractivity contribution in [3.8, 4) is 0 Å². The summed E-state index contributed by atoms with van der Waals surface area (Å²) in [5.74, 6) is -0.711. The molecule has 0 bridgehead atoms. The summed E-state index contributed by atoms with van der Waals surface area (Å²) in [5, 5.41) is 2.97. The molecule has 0 unspecified atom stereocenters. The van der Waals surface area contributed by atoms with Crippen LogP contribution in [0.4, 0.5) is 5.69 Å². The van der Waals surface area contributed by atoms with Gasteiger partial charge in [-0.25, -0.2) is 8.42 Å². The lowest BCUT2D eigenvalue weighted by molar-refractivity contribution is 0.0936. The van der Waals surface area contributed by atoms with Crippen LogP contribution in [0.1, 0.15) is 52.5 Å². The van der Waals surface area contributed by atoms with E-state index in [4.69, 9.17) is 0 Å². The minimum Gasteiger partial charge on any atom is -0.351 e. The minimum absolute atomic E-state index is 0.0143. The second kappa shape index (κ2) is 10.5. The lowest BCUT2D eigenvalue weighted by Crippen LogP contribution is -2.42. The van der Waals surface area contributed by atoms with E-state index < -0.39 is 15.7 Å². The molecule has 3 aromatic rings. The van der Waals surface area contributed by atoms with Gasteiger partial charge in [-0.05, 0) is 62.2 Å². The first kappa shape index (κ1) is 25.2. The molecule has 0 radical (unpaired) electrons. The third-order valence-electron chi connectivity index (χ3n) is 7.26. The molecule has 192 valence electrons. The zero-order valence-corrected chi connectivity index (χ0v) is 21.7. The molecule has 0 aliphatic carbocycles. The Morgan fingerprint density at radius 2 is 1.73 bits per heavy atom. The van der Waals surface area contributed by atoms with Gasteiger partial charge in [0.05, 0.1) is 27.6 Å². The average Bonchev–Trinajstić information content (AvgIpc) is 2.98. The zero-order chi connectivity index (χ0) is 26.0. The molecule has 7 nitrogen and oxygen atoms in total. The van der Waals surface area contributed by atoms with Gasteiger partial charge in [-0.15, -0.1) is 0 Å². The van der Waals surface area contributed by atoms with Crippen LogP contribution < -0.4 is 10.2 Å². The van der Waals surface area contributed by atoms with Crippen molar-refractivity contribution in [2.75, 3.05) is 24.5 Å². The molecule has 2 aliphatic rings. The second-order valence-corrected chi connectivity index (χ2v) is 11.6. The van der Waals surface area contributed by atoms with Gasteiger partial charge >= 0.3 is 0 Å². The fourth-order valence-corrected chi connectivity index (χ4v) is 6.81. The number of rotatable bonds is 6. The molecule has 2 aliphatic heterocycles. The van der Waals surface area contributed by atoms with Crippen LogP contribution in [0.3, 0.4) is 0 Å². The summed E-state index contributed by atoms with van der Waals surface area (Å²) in [5.41, 5.74) is 1.50. The summed E-state index contributed by atoms with van der Waals surface area (Å²) >= 11 is 0. The summed E-state index contributed by atoms with van der Waals surface area (Å²) in [6.45, 7) is 4.68. The standard InChI is InChI=1S/C29H31N3O4S/c1-21-9-7-8-17-31(21)18-16-30-28(33)23-14-15-27-25(19-23)32(20-22-10-3-2-4-11-22)29(34)24-12-5-6-13-26(24)37(27,35)36/h2-6,10-15,19,21H,7-9,16-18,20H2,1H3,(H,30,33)/t21-/m0/s1. The first-order chi connectivity index (χ1) is 17.9. The number of amides is 2. The van der Waals surface area contributed by atoms with E-state index >= 15 is 0 Å². The number of nitrogens with one attached hydrogen (secondary N) is 1. The smallest absolute Gasteiger partial charge is 0.259 e. The maximum atomic E-state index is 13.7. The number of sulfone groups is 1. The maximum Gasteiger partial charge on any atom is 0.259 e. The van der Waals surface area contributed by atoms with Crippen molar-refractivity contribution in [3.05, 3.63) is 89.5 Å². The van der Waals surface area contributed by atoms with Crippen molar-refractivity contribution in [3.63, 3.8) is 0 Å². The summed E-state index contributed by atoms with van der Waals surface area (Å²) in [6, 6.07) is 20.7. The van der Waals surface area contributed by atoms with Crippen molar-refractivity contribution < 1.29 is 18.0 Å². The van der Waals surface area contributed by atoms with E-state index in [1.54, 1.807) is 12.1 Å². The number of carbonyl (C=O) groups is 2. The molecular weight excluding hydrogens is 486 g/mol. The first-order valence-electron chi connectivity index (χ1n) is 12.7. The van der Waals surface area contributed by atoms with Crippen molar-refractivity contribution in [1.29, 1.82) is 0 Å². The molecule has 1 fully saturated rings. The van der Waals surface area contributed by atoms with Gasteiger partial charge in [-0.2, -0.15) is 0 Å². The Hall–Kier alpha value is -3.49. The van der Waals surface area contributed by atoms with E-state index in [1.165, 1.54) is 54.5 Å². The van der Waals surface area contributed by atoms with Gasteiger partial charge in [0, 0.05) is 24.7 Å². The SMILES string of the molecule is C[C@H]1CCCCN1CCNC(=O)c1ccc2c(c1)N(Cc1ccccc1)C(=O)c1ccccc1S2(=O)=O. The van der Waals surface area contributed by atoms with E-state index in [2.05, 4.69) is 17.1 Å². The van der Waals surface area contributed by atoms with Crippen LogP contribution in [0.5, 0.6) is 0 Å². The number of anilines is 1. The molecule has 2 amide bonds. The topological polar surface area (TPSA) is 86.8 Å². The second-order valence-electron chi connectivity index (χ2n) is 9.70. The van der Waals surface area contributed by atoms with Crippen molar-refractivity contribution in [2.24, 2.45) is 0 Å². The molecular formula is C29H31N3O4S. The summed E-state index contributed by atoms with van der Waals surface area (Å²) in [6.07, 6.45) is 3.58. The van der Waals surface area contributed by atoms with Crippen LogP contribution in [0.25, 0.3) is 0 Å². The number of nitrogens with zero attached hydrogens (tertiary/aromatic N) is 2. The molecule has 1 atom stereocenters. The number of hydrogen-bond acceptors (Lipinski definition) is 5. The van der Waals surface area contributed by atoms with Crippen LogP contribution in [-0.2, 0) is 16.4 Å². The Kier molecular flexibility index (Phi) is 7.13. The number of likely N-dealkylation sites (tertiary alicyclic amines) is 1. The Morgan fingerprint density at radius 3 is 2.51 bits per heavy atom. The van der Waals surface area contributed by atoms with E-state index in [0.717, 1.165) is 18.7 Å². The third-order valence-corrected chi connectivity index (χ3v) is 9.12. The van der Waals surface area contributed by atoms with E-state index in [9.17, 15) is 18.0 Å². The quantitative estimate of drug-likeness (QED) is 0.527. The molecule has 0 aromatic heterocycles. The van der Waals surface area contributed by atoms with Gasteiger partial charge in [0.15, 0.2) is 0 Å². The largest absolute Gasteiger partial charge is 0.351 e. The summed E-state index contributed by atoms with van der Waals surface area (Å²) < 4.78 is 27.3. The van der Waals surface area contributed by atoms with Gasteiger partial charge in [0.25, 0.3) is 11.8 Å². The zero-order valence-electron chi connectivity index (χ0n) is 20.9. The molecule has 0 saturated carbocycles. The molecule has 8 heteroatoms. The fourth-order valence-electron chi connectivity index (χ4n) is 5.18. The first-order valence-corrected chi connectivity index (χ1v) is 14.2. The highest BCUT2D eigenvalue weighted by Crippen LogP contribution is 2.38. The normalized spacial score (nSPS) is 19.0. The van der Waals surface area contributed by atoms with E-state index in [-0.39, 0.29) is 33.5 Å². The Labute approximate surface area is 218 Å². The maximum absolute atomic E-state index is 13.7. The van der Waals surface area contributed by atoms with Crippen molar-refractivity contribution in [1.82, 2.24) is 10.2 Å². The monoisotopic (exact) mass is 517 g/mol. The fraction of sp³-hybridized carbons (Fsp3) is 0.310. The van der Waals surface area contributed by atoms with Gasteiger partial charge in [-0.3, -0.25) is 14.5 Å². The van der Waals surface area contributed by atoms with Crippen LogP contribution in [-0.4, -0.2) is 50.8 Å². The lowest BCUT2D eigenvalue weighted by atomic mass is 10.0. The number of fused-ring (bicyclic) bond motifs is 2. The Balaban J connectivity index is 1.48. The summed E-state index contributed by atoms with van der Waals surface area (Å²) in [4.78, 5) is 30.6. The van der Waals surface area contributed by atoms with Crippen LogP contribution in [0.15, 0.2) is 82.6 Å². The van der Waals surface area contributed by atoms with Crippen molar-refractivity contribution in [2.45, 2.75) is 48.6 Å². The molecule has 2 heterocycles. The number of carbonyl (C=O) groups excluding carboxylic acids is 2. The Bertz CT molecular complexity index is 1420. The highest BCUT2D eigenvalue weighted by atomic mass is 32.2. The molecule has 37 heavy (non-hydrogen) atoms. The predicted octanol–water partition coefficient (Wildman–Crippen LogP) is 4.28. The van der Waals surface area contributed by atoms with Gasteiger partial charge in [0.1, 0.15) is 0 Å². The average molecular weight is 518 g/mol. The molecule has 5 rings (SSSR count). The van der Waals surface area contributed by atoms with Gasteiger partial charge in [-0.1, -0.05) is 48.9 Å².